The zero-order valence-corrected chi connectivity index (χ0v) is 13.8. The van der Waals surface area contributed by atoms with Gasteiger partial charge in [-0.2, -0.15) is 17.9 Å². The highest BCUT2D eigenvalue weighted by molar-refractivity contribution is 6.33. The lowest BCUT2D eigenvalue weighted by Crippen LogP contribution is -2.13. The first-order valence-electron chi connectivity index (χ1n) is 6.59. The average Bonchev–Trinajstić information content (AvgIpc) is 2.95. The Labute approximate surface area is 150 Å². The predicted molar refractivity (Wildman–Crippen MR) is 83.4 cm³/mol. The van der Waals surface area contributed by atoms with Gasteiger partial charge in [-0.3, -0.25) is 4.98 Å². The summed E-state index contributed by atoms with van der Waals surface area (Å²) in [4.78, 5) is 3.94. The van der Waals surface area contributed by atoms with Gasteiger partial charge in [-0.1, -0.05) is 17.7 Å². The fourth-order valence-electron chi connectivity index (χ4n) is 2.15. The van der Waals surface area contributed by atoms with Gasteiger partial charge < -0.3 is 0 Å². The van der Waals surface area contributed by atoms with Gasteiger partial charge in [0.25, 0.3) is 0 Å². The van der Waals surface area contributed by atoms with E-state index in [1.807, 2.05) is 0 Å². The van der Waals surface area contributed by atoms with E-state index in [-0.39, 0.29) is 30.3 Å². The van der Waals surface area contributed by atoms with Crippen molar-refractivity contribution in [3.05, 3.63) is 64.5 Å². The molecule has 0 atom stereocenters. The van der Waals surface area contributed by atoms with Crippen molar-refractivity contribution in [2.45, 2.75) is 12.6 Å². The van der Waals surface area contributed by atoms with E-state index in [2.05, 4.69) is 20.5 Å². The van der Waals surface area contributed by atoms with Crippen molar-refractivity contribution in [3.8, 4) is 5.69 Å². The molecule has 5 nitrogen and oxygen atoms in total. The van der Waals surface area contributed by atoms with E-state index >= 15 is 0 Å². The van der Waals surface area contributed by atoms with Crippen LogP contribution in [0.3, 0.4) is 0 Å². The summed E-state index contributed by atoms with van der Waals surface area (Å²) in [5, 5.41) is 10.1. The van der Waals surface area contributed by atoms with Crippen LogP contribution in [0.2, 0.25) is 5.02 Å². The Hall–Kier alpha value is -2.26. The highest BCUT2D eigenvalue weighted by Crippen LogP contribution is 2.39. The molecule has 0 aliphatic heterocycles. The fourth-order valence-corrected chi connectivity index (χ4v) is 2.49. The van der Waals surface area contributed by atoms with Gasteiger partial charge in [0, 0.05) is 18.8 Å². The number of benzene rings is 1. The lowest BCUT2D eigenvalue weighted by molar-refractivity contribution is -0.139. The van der Waals surface area contributed by atoms with Gasteiger partial charge in [0.1, 0.15) is 11.4 Å². The Morgan fingerprint density at radius 1 is 1.16 bits per heavy atom. The third-order valence-corrected chi connectivity index (χ3v) is 3.58. The summed E-state index contributed by atoms with van der Waals surface area (Å²) in [6.45, 7) is 0. The molecule has 0 N–H and O–H groups in total. The third-order valence-electron chi connectivity index (χ3n) is 3.20. The summed E-state index contributed by atoms with van der Waals surface area (Å²) < 4.78 is 53.5. The largest absolute Gasteiger partial charge is 0.420 e. The number of halogens is 6. The summed E-state index contributed by atoms with van der Waals surface area (Å²) in [6.07, 6.45) is -1.56. The van der Waals surface area contributed by atoms with Gasteiger partial charge >= 0.3 is 6.18 Å². The van der Waals surface area contributed by atoms with E-state index in [1.165, 1.54) is 0 Å². The van der Waals surface area contributed by atoms with Crippen LogP contribution in [-0.4, -0.2) is 25.2 Å². The van der Waals surface area contributed by atoms with Gasteiger partial charge in [-0.15, -0.1) is 17.5 Å². The minimum Gasteiger partial charge on any atom is -0.264 e. The van der Waals surface area contributed by atoms with Crippen molar-refractivity contribution >= 4 is 24.0 Å². The molecular weight excluding hydrogens is 385 g/mol. The maximum Gasteiger partial charge on any atom is 0.420 e. The van der Waals surface area contributed by atoms with Crippen LogP contribution < -0.4 is 0 Å². The molecule has 0 aliphatic carbocycles. The predicted octanol–water partition coefficient (Wildman–Crippen LogP) is 3.88. The molecule has 132 valence electrons. The number of hydrogen-bond acceptors (Lipinski definition) is 4. The van der Waals surface area contributed by atoms with Crippen molar-refractivity contribution in [1.82, 2.24) is 25.2 Å². The van der Waals surface area contributed by atoms with E-state index in [4.69, 9.17) is 11.6 Å². The van der Waals surface area contributed by atoms with Crippen LogP contribution in [0.25, 0.3) is 5.69 Å². The number of alkyl halides is 3. The number of hydrogen-bond donors (Lipinski definition) is 0. The molecule has 3 aromatic rings. The Balaban J connectivity index is 0.00000225. The third kappa shape index (κ3) is 3.88. The highest BCUT2D eigenvalue weighted by atomic mass is 35.5. The molecule has 0 unspecified atom stereocenters. The molecule has 0 bridgehead atoms. The first-order valence-corrected chi connectivity index (χ1v) is 6.97. The monoisotopic (exact) mass is 393 g/mol. The number of tetrazole rings is 1. The first-order chi connectivity index (χ1) is 11.4. The van der Waals surface area contributed by atoms with Gasteiger partial charge in [-0.05, 0) is 34.2 Å². The van der Waals surface area contributed by atoms with E-state index in [1.54, 1.807) is 24.5 Å². The quantitative estimate of drug-likeness (QED) is 0.633. The molecule has 1 aromatic carbocycles. The van der Waals surface area contributed by atoms with Crippen molar-refractivity contribution in [1.29, 1.82) is 0 Å². The zero-order chi connectivity index (χ0) is 17.3. The molecule has 2 heterocycles. The lowest BCUT2D eigenvalue weighted by Gasteiger charge is -2.14. The number of nitrogens with zero attached hydrogens (tertiary/aromatic N) is 5. The highest BCUT2D eigenvalue weighted by Gasteiger charge is 2.38. The number of rotatable bonds is 3. The number of aromatic nitrogens is 5. The van der Waals surface area contributed by atoms with Crippen molar-refractivity contribution in [3.63, 3.8) is 0 Å². The standard InChI is InChI=1S/C14H8ClF4N5.ClH/c15-13-10(4-3-9(16)12(13)14(17,18)19)24-11(21-22-23-24)6-8-2-1-5-20-7-8;/h1-5,7H,6H2;1H. The van der Waals surface area contributed by atoms with Gasteiger partial charge in [0.05, 0.1) is 10.7 Å². The van der Waals surface area contributed by atoms with Crippen molar-refractivity contribution < 1.29 is 17.6 Å². The van der Waals surface area contributed by atoms with E-state index in [0.29, 0.717) is 6.07 Å². The Morgan fingerprint density at radius 3 is 2.56 bits per heavy atom. The molecule has 2 aromatic heterocycles. The lowest BCUT2D eigenvalue weighted by atomic mass is 10.1. The van der Waals surface area contributed by atoms with Crippen LogP contribution in [0.15, 0.2) is 36.7 Å². The fraction of sp³-hybridized carbons (Fsp3) is 0.143. The second-order valence-corrected chi connectivity index (χ2v) is 5.18. The van der Waals surface area contributed by atoms with Crippen molar-refractivity contribution in [2.75, 3.05) is 0 Å². The second-order valence-electron chi connectivity index (χ2n) is 4.80. The van der Waals surface area contributed by atoms with Crippen LogP contribution in [0.4, 0.5) is 17.6 Å². The summed E-state index contributed by atoms with van der Waals surface area (Å²) in [5.74, 6) is -1.22. The molecule has 0 amide bonds. The number of pyridine rings is 1. The van der Waals surface area contributed by atoms with E-state index < -0.39 is 22.6 Å². The van der Waals surface area contributed by atoms with Crippen LogP contribution >= 0.6 is 24.0 Å². The summed E-state index contributed by atoms with van der Waals surface area (Å²) in [7, 11) is 0. The average molecular weight is 394 g/mol. The van der Waals surface area contributed by atoms with Gasteiger partial charge in [-0.25, -0.2) is 4.39 Å². The van der Waals surface area contributed by atoms with Crippen molar-refractivity contribution in [2.24, 2.45) is 0 Å². The molecule has 0 aliphatic rings. The van der Waals surface area contributed by atoms with Crippen LogP contribution in [0.5, 0.6) is 0 Å². The summed E-state index contributed by atoms with van der Waals surface area (Å²) >= 11 is 5.78. The Kier molecular flexibility index (Phi) is 5.58. The SMILES string of the molecule is Cl.Fc1ccc(-n2nnnc2Cc2cccnc2)c(Cl)c1C(F)(F)F. The van der Waals surface area contributed by atoms with Gasteiger partial charge in [0.15, 0.2) is 5.82 Å². The molecule has 11 heteroatoms. The minimum atomic E-state index is -4.94. The Bertz CT molecular complexity index is 867. The topological polar surface area (TPSA) is 56.5 Å². The van der Waals surface area contributed by atoms with Crippen LogP contribution in [-0.2, 0) is 12.6 Å². The maximum atomic E-state index is 13.5. The molecular formula is C14H9Cl2F4N5. The summed E-state index contributed by atoms with van der Waals surface area (Å²) in [6, 6.07) is 5.24. The molecule has 0 radical (unpaired) electrons. The molecule has 3 rings (SSSR count). The minimum absolute atomic E-state index is 0. The first kappa shape index (κ1) is 19.1. The van der Waals surface area contributed by atoms with Crippen LogP contribution in [0, 0.1) is 5.82 Å². The molecule has 0 fully saturated rings. The van der Waals surface area contributed by atoms with E-state index in [0.717, 1.165) is 16.3 Å². The Morgan fingerprint density at radius 2 is 1.92 bits per heavy atom. The summed E-state index contributed by atoms with van der Waals surface area (Å²) in [5.41, 5.74) is -0.957. The smallest absolute Gasteiger partial charge is 0.264 e. The van der Waals surface area contributed by atoms with Crippen LogP contribution in [0.1, 0.15) is 17.0 Å². The van der Waals surface area contributed by atoms with E-state index in [9.17, 15) is 17.6 Å². The molecule has 0 saturated heterocycles. The molecule has 0 spiro atoms. The zero-order valence-electron chi connectivity index (χ0n) is 12.2. The normalized spacial score (nSPS) is 11.2. The second kappa shape index (κ2) is 7.32. The van der Waals surface area contributed by atoms with Gasteiger partial charge in [0.2, 0.25) is 0 Å². The maximum absolute atomic E-state index is 13.5. The molecule has 25 heavy (non-hydrogen) atoms. The molecule has 0 saturated carbocycles.